The molecule has 0 bridgehead atoms. The van der Waals surface area contributed by atoms with Crippen LogP contribution in [0.1, 0.15) is 5.56 Å². The van der Waals surface area contributed by atoms with E-state index in [9.17, 15) is 4.79 Å². The first kappa shape index (κ1) is 13.6. The number of hydrogen-bond donors (Lipinski definition) is 0. The molecule has 0 spiro atoms. The van der Waals surface area contributed by atoms with Crippen LogP contribution in [0, 0.1) is 0 Å². The molecule has 0 atom stereocenters. The summed E-state index contributed by atoms with van der Waals surface area (Å²) in [4.78, 5) is 13.5. The second kappa shape index (κ2) is 5.93. The van der Waals surface area contributed by atoms with Crippen molar-refractivity contribution in [1.29, 1.82) is 0 Å². The first-order chi connectivity index (χ1) is 10.3. The van der Waals surface area contributed by atoms with Crippen molar-refractivity contribution >= 4 is 11.3 Å². The molecule has 21 heavy (non-hydrogen) atoms. The van der Waals surface area contributed by atoms with Gasteiger partial charge in [-0.1, -0.05) is 36.4 Å². The van der Waals surface area contributed by atoms with Gasteiger partial charge in [0.05, 0.1) is 25.4 Å². The van der Waals surface area contributed by atoms with Crippen molar-refractivity contribution in [2.45, 2.75) is 6.54 Å². The highest BCUT2D eigenvalue weighted by molar-refractivity contribution is 7.13. The Bertz CT molecular complexity index is 780. The third kappa shape index (κ3) is 2.73. The van der Waals surface area contributed by atoms with Gasteiger partial charge in [0.25, 0.3) is 0 Å². The maximum atomic E-state index is 12.5. The predicted molar refractivity (Wildman–Crippen MR) is 83.9 cm³/mol. The minimum absolute atomic E-state index is 0.216. The number of hydrogen-bond acceptors (Lipinski definition) is 4. The summed E-state index contributed by atoms with van der Waals surface area (Å²) in [6, 6.07) is 13.6. The van der Waals surface area contributed by atoms with Crippen LogP contribution in [-0.4, -0.2) is 16.9 Å². The first-order valence-corrected chi connectivity index (χ1v) is 7.39. The largest absolute Gasteiger partial charge is 0.491 e. The molecule has 0 unspecified atom stereocenters. The lowest BCUT2D eigenvalue weighted by atomic mass is 10.2. The van der Waals surface area contributed by atoms with Crippen molar-refractivity contribution in [3.63, 3.8) is 0 Å². The molecule has 0 amide bonds. The molecule has 106 valence electrons. The van der Waals surface area contributed by atoms with Crippen LogP contribution in [0.5, 0.6) is 5.75 Å². The van der Waals surface area contributed by atoms with Crippen LogP contribution in [-0.2, 0) is 6.54 Å². The summed E-state index contributed by atoms with van der Waals surface area (Å²) in [6.07, 6.45) is 1.69. The Labute approximate surface area is 126 Å². The zero-order chi connectivity index (χ0) is 14.7. The molecule has 0 aliphatic heterocycles. The first-order valence-electron chi connectivity index (χ1n) is 6.51. The Morgan fingerprint density at radius 3 is 2.67 bits per heavy atom. The number of benzene rings is 1. The fraction of sp³-hybridized carbons (Fsp3) is 0.125. The Balaban J connectivity index is 2.03. The second-order valence-electron chi connectivity index (χ2n) is 4.52. The van der Waals surface area contributed by atoms with Gasteiger partial charge in [-0.2, -0.15) is 5.10 Å². The number of thiophene rings is 1. The molecule has 0 N–H and O–H groups in total. The van der Waals surface area contributed by atoms with Gasteiger partial charge in [0, 0.05) is 4.88 Å². The normalized spacial score (nSPS) is 10.5. The van der Waals surface area contributed by atoms with Gasteiger partial charge in [0.1, 0.15) is 0 Å². The summed E-state index contributed by atoms with van der Waals surface area (Å²) in [5, 5.41) is 6.23. The number of nitrogens with zero attached hydrogens (tertiary/aromatic N) is 2. The highest BCUT2D eigenvalue weighted by atomic mass is 32.1. The van der Waals surface area contributed by atoms with E-state index in [0.29, 0.717) is 12.3 Å². The number of ether oxygens (including phenoxy) is 1. The Hall–Kier alpha value is -2.40. The van der Waals surface area contributed by atoms with Crippen molar-refractivity contribution < 1.29 is 4.74 Å². The van der Waals surface area contributed by atoms with Gasteiger partial charge >= 0.3 is 5.56 Å². The average molecular weight is 298 g/mol. The van der Waals surface area contributed by atoms with E-state index in [2.05, 4.69) is 5.10 Å². The molecule has 0 saturated heterocycles. The summed E-state index contributed by atoms with van der Waals surface area (Å²) in [7, 11) is 1.51. The van der Waals surface area contributed by atoms with Crippen molar-refractivity contribution in [2.24, 2.45) is 0 Å². The van der Waals surface area contributed by atoms with Crippen LogP contribution >= 0.6 is 11.3 Å². The number of rotatable bonds is 4. The van der Waals surface area contributed by atoms with Crippen LogP contribution in [0.2, 0.25) is 0 Å². The molecule has 4 nitrogen and oxygen atoms in total. The quantitative estimate of drug-likeness (QED) is 0.743. The Morgan fingerprint density at radius 2 is 2.00 bits per heavy atom. The lowest BCUT2D eigenvalue weighted by Gasteiger charge is -2.10. The van der Waals surface area contributed by atoms with E-state index in [-0.39, 0.29) is 5.56 Å². The molecule has 0 saturated carbocycles. The summed E-state index contributed by atoms with van der Waals surface area (Å²) in [6.45, 7) is 0.431. The number of aromatic nitrogens is 2. The predicted octanol–water partition coefficient (Wildman–Crippen LogP) is 3.03. The van der Waals surface area contributed by atoms with Gasteiger partial charge in [0.15, 0.2) is 5.75 Å². The third-order valence-corrected chi connectivity index (χ3v) is 4.07. The molecule has 0 fully saturated rings. The molecule has 2 aromatic heterocycles. The molecule has 0 aliphatic rings. The summed E-state index contributed by atoms with van der Waals surface area (Å²) < 4.78 is 6.73. The Kier molecular flexibility index (Phi) is 3.83. The van der Waals surface area contributed by atoms with E-state index in [1.54, 1.807) is 17.5 Å². The molecule has 3 rings (SSSR count). The SMILES string of the molecule is COc1c(-c2cccs2)cnn(Cc2ccccc2)c1=O. The summed E-state index contributed by atoms with van der Waals surface area (Å²) in [5.74, 6) is 0.336. The molecule has 3 aromatic rings. The maximum absolute atomic E-state index is 12.5. The van der Waals surface area contributed by atoms with Gasteiger partial charge in [-0.05, 0) is 17.0 Å². The van der Waals surface area contributed by atoms with E-state index < -0.39 is 0 Å². The lowest BCUT2D eigenvalue weighted by molar-refractivity contribution is 0.400. The van der Waals surface area contributed by atoms with Gasteiger partial charge < -0.3 is 4.74 Å². The fourth-order valence-electron chi connectivity index (χ4n) is 2.14. The van der Waals surface area contributed by atoms with Crippen LogP contribution in [0.25, 0.3) is 10.4 Å². The summed E-state index contributed by atoms with van der Waals surface area (Å²) in [5.41, 5.74) is 1.55. The van der Waals surface area contributed by atoms with E-state index in [0.717, 1.165) is 16.0 Å². The highest BCUT2D eigenvalue weighted by Crippen LogP contribution is 2.29. The zero-order valence-electron chi connectivity index (χ0n) is 11.5. The molecule has 0 radical (unpaired) electrons. The zero-order valence-corrected chi connectivity index (χ0v) is 12.3. The van der Waals surface area contributed by atoms with E-state index in [1.165, 1.54) is 11.8 Å². The van der Waals surface area contributed by atoms with Crippen LogP contribution in [0.3, 0.4) is 0 Å². The minimum Gasteiger partial charge on any atom is -0.491 e. The minimum atomic E-state index is -0.216. The number of methoxy groups -OCH3 is 1. The lowest BCUT2D eigenvalue weighted by Crippen LogP contribution is -2.24. The molecule has 5 heteroatoms. The monoisotopic (exact) mass is 298 g/mol. The van der Waals surface area contributed by atoms with Crippen LogP contribution < -0.4 is 10.3 Å². The van der Waals surface area contributed by atoms with E-state index in [4.69, 9.17) is 4.74 Å². The van der Waals surface area contributed by atoms with Gasteiger partial charge in [0.2, 0.25) is 0 Å². The van der Waals surface area contributed by atoms with Crippen molar-refractivity contribution in [3.8, 4) is 16.2 Å². The maximum Gasteiger partial charge on any atom is 0.310 e. The molecule has 0 aliphatic carbocycles. The standard InChI is InChI=1S/C16H14N2O2S/c1-20-15-13(14-8-5-9-21-14)10-17-18(16(15)19)11-12-6-3-2-4-7-12/h2-10H,11H2,1H3. The summed E-state index contributed by atoms with van der Waals surface area (Å²) >= 11 is 1.56. The van der Waals surface area contributed by atoms with Gasteiger partial charge in [-0.3, -0.25) is 4.79 Å². The smallest absolute Gasteiger partial charge is 0.310 e. The Morgan fingerprint density at radius 1 is 1.19 bits per heavy atom. The fourth-order valence-corrected chi connectivity index (χ4v) is 2.88. The van der Waals surface area contributed by atoms with Crippen LogP contribution in [0.15, 0.2) is 58.8 Å². The second-order valence-corrected chi connectivity index (χ2v) is 5.46. The molecular weight excluding hydrogens is 284 g/mol. The van der Waals surface area contributed by atoms with E-state index >= 15 is 0 Å². The molecule has 2 heterocycles. The third-order valence-electron chi connectivity index (χ3n) is 3.17. The van der Waals surface area contributed by atoms with E-state index in [1.807, 2.05) is 47.8 Å². The van der Waals surface area contributed by atoms with Gasteiger partial charge in [-0.25, -0.2) is 4.68 Å². The van der Waals surface area contributed by atoms with Crippen molar-refractivity contribution in [1.82, 2.24) is 9.78 Å². The molecule has 1 aromatic carbocycles. The van der Waals surface area contributed by atoms with Gasteiger partial charge in [-0.15, -0.1) is 11.3 Å². The average Bonchev–Trinajstić information content (AvgIpc) is 3.04. The van der Waals surface area contributed by atoms with Crippen LogP contribution in [0.4, 0.5) is 0 Å². The topological polar surface area (TPSA) is 44.1 Å². The molecular formula is C16H14N2O2S. The van der Waals surface area contributed by atoms with Crippen molar-refractivity contribution in [2.75, 3.05) is 7.11 Å². The highest BCUT2D eigenvalue weighted by Gasteiger charge is 2.14. The van der Waals surface area contributed by atoms with Crippen molar-refractivity contribution in [3.05, 3.63) is 70.0 Å².